The van der Waals surface area contributed by atoms with Gasteiger partial charge in [0.1, 0.15) is 11.6 Å². The van der Waals surface area contributed by atoms with Gasteiger partial charge in [0.2, 0.25) is 5.95 Å². The summed E-state index contributed by atoms with van der Waals surface area (Å²) < 4.78 is 5.50. The molecule has 0 bridgehead atoms. The van der Waals surface area contributed by atoms with E-state index in [1.54, 1.807) is 0 Å². The summed E-state index contributed by atoms with van der Waals surface area (Å²) in [5.41, 5.74) is 4.47. The van der Waals surface area contributed by atoms with E-state index >= 15 is 0 Å². The molecule has 2 aromatic carbocycles. The van der Waals surface area contributed by atoms with Gasteiger partial charge < -0.3 is 15.0 Å². The lowest BCUT2D eigenvalue weighted by Crippen LogP contribution is -2.25. The Morgan fingerprint density at radius 2 is 1.89 bits per heavy atom. The van der Waals surface area contributed by atoms with Crippen molar-refractivity contribution in [2.45, 2.75) is 33.2 Å². The average molecular weight is 360 g/mol. The molecule has 0 fully saturated rings. The summed E-state index contributed by atoms with van der Waals surface area (Å²) in [4.78, 5) is 11.7. The molecule has 0 amide bonds. The number of hydrogen-bond acceptors (Lipinski definition) is 5. The monoisotopic (exact) mass is 360 g/mol. The molecule has 138 valence electrons. The van der Waals surface area contributed by atoms with Crippen LogP contribution in [0.5, 0.6) is 5.75 Å². The summed E-state index contributed by atoms with van der Waals surface area (Å²) in [7, 11) is 0. The molecule has 0 aliphatic carbocycles. The SMILES string of the molecule is CCOc1ccc(Nc2nc(C)cc(N3c4ccccc4CC3C)n2)cc1. The summed E-state index contributed by atoms with van der Waals surface area (Å²) in [6.07, 6.45) is 1.03. The smallest absolute Gasteiger partial charge is 0.229 e. The molecule has 0 saturated carbocycles. The zero-order chi connectivity index (χ0) is 18.8. The topological polar surface area (TPSA) is 50.3 Å². The molecule has 3 aromatic rings. The van der Waals surface area contributed by atoms with Crippen molar-refractivity contribution in [1.82, 2.24) is 9.97 Å². The van der Waals surface area contributed by atoms with Crippen molar-refractivity contribution >= 4 is 23.1 Å². The predicted molar refractivity (Wildman–Crippen MR) is 109 cm³/mol. The minimum absolute atomic E-state index is 0.370. The first kappa shape index (κ1) is 17.3. The number of ether oxygens (including phenoxy) is 1. The zero-order valence-corrected chi connectivity index (χ0v) is 15.9. The van der Waals surface area contributed by atoms with Crippen LogP contribution in [0.15, 0.2) is 54.6 Å². The summed E-state index contributed by atoms with van der Waals surface area (Å²) in [6.45, 7) is 6.87. The van der Waals surface area contributed by atoms with Crippen LogP contribution in [0.2, 0.25) is 0 Å². The van der Waals surface area contributed by atoms with E-state index in [1.807, 2.05) is 44.2 Å². The fourth-order valence-corrected chi connectivity index (χ4v) is 3.58. The maximum atomic E-state index is 5.50. The third-order valence-electron chi connectivity index (χ3n) is 4.72. The Labute approximate surface area is 160 Å². The first-order chi connectivity index (χ1) is 13.1. The Hall–Kier alpha value is -3.08. The molecule has 1 aliphatic heterocycles. The summed E-state index contributed by atoms with van der Waals surface area (Å²) in [5.74, 6) is 2.38. The second-order valence-electron chi connectivity index (χ2n) is 6.83. The maximum Gasteiger partial charge on any atom is 0.229 e. The van der Waals surface area contributed by atoms with Gasteiger partial charge in [-0.1, -0.05) is 18.2 Å². The molecule has 0 spiro atoms. The Morgan fingerprint density at radius 1 is 1.11 bits per heavy atom. The highest BCUT2D eigenvalue weighted by Crippen LogP contribution is 2.37. The summed E-state index contributed by atoms with van der Waals surface area (Å²) >= 11 is 0. The van der Waals surface area contributed by atoms with Crippen LogP contribution in [-0.4, -0.2) is 22.6 Å². The van der Waals surface area contributed by atoms with Gasteiger partial charge in [0.15, 0.2) is 0 Å². The van der Waals surface area contributed by atoms with E-state index in [4.69, 9.17) is 9.72 Å². The van der Waals surface area contributed by atoms with Crippen molar-refractivity contribution in [2.24, 2.45) is 0 Å². The summed E-state index contributed by atoms with van der Waals surface area (Å²) in [6, 6.07) is 18.8. The Morgan fingerprint density at radius 3 is 2.67 bits per heavy atom. The first-order valence-electron chi connectivity index (χ1n) is 9.36. The molecule has 1 unspecified atom stereocenters. The van der Waals surface area contributed by atoms with Crippen LogP contribution in [0.25, 0.3) is 0 Å². The zero-order valence-electron chi connectivity index (χ0n) is 15.9. The van der Waals surface area contributed by atoms with Crippen LogP contribution in [0, 0.1) is 6.92 Å². The number of para-hydroxylation sites is 1. The van der Waals surface area contributed by atoms with Crippen molar-refractivity contribution in [3.8, 4) is 5.75 Å². The number of aromatic nitrogens is 2. The molecule has 2 heterocycles. The van der Waals surface area contributed by atoms with Crippen LogP contribution >= 0.6 is 0 Å². The molecular weight excluding hydrogens is 336 g/mol. The number of fused-ring (bicyclic) bond motifs is 1. The quantitative estimate of drug-likeness (QED) is 0.693. The number of aryl methyl sites for hydroxylation is 1. The molecule has 1 atom stereocenters. The van der Waals surface area contributed by atoms with Crippen molar-refractivity contribution in [3.63, 3.8) is 0 Å². The van der Waals surface area contributed by atoms with Gasteiger partial charge in [0, 0.05) is 29.2 Å². The largest absolute Gasteiger partial charge is 0.494 e. The number of rotatable bonds is 5. The normalized spacial score (nSPS) is 15.5. The minimum atomic E-state index is 0.370. The molecule has 0 saturated heterocycles. The lowest BCUT2D eigenvalue weighted by molar-refractivity contribution is 0.340. The fraction of sp³-hybridized carbons (Fsp3) is 0.273. The van der Waals surface area contributed by atoms with Gasteiger partial charge in [0.25, 0.3) is 0 Å². The number of nitrogens with one attached hydrogen (secondary N) is 1. The maximum absolute atomic E-state index is 5.50. The number of nitrogens with zero attached hydrogens (tertiary/aromatic N) is 3. The van der Waals surface area contributed by atoms with Crippen LogP contribution in [-0.2, 0) is 6.42 Å². The Kier molecular flexibility index (Phi) is 4.67. The molecule has 1 aliphatic rings. The van der Waals surface area contributed by atoms with Gasteiger partial charge in [-0.15, -0.1) is 0 Å². The van der Waals surface area contributed by atoms with E-state index < -0.39 is 0 Å². The Bertz CT molecular complexity index is 939. The molecule has 0 radical (unpaired) electrons. The fourth-order valence-electron chi connectivity index (χ4n) is 3.58. The molecule has 5 heteroatoms. The summed E-state index contributed by atoms with van der Waals surface area (Å²) in [5, 5.41) is 3.31. The lowest BCUT2D eigenvalue weighted by atomic mass is 10.1. The molecule has 1 N–H and O–H groups in total. The van der Waals surface area contributed by atoms with Crippen LogP contribution in [0.4, 0.5) is 23.1 Å². The van der Waals surface area contributed by atoms with Crippen molar-refractivity contribution in [2.75, 3.05) is 16.8 Å². The molecule has 5 nitrogen and oxygen atoms in total. The molecule has 27 heavy (non-hydrogen) atoms. The molecule has 4 rings (SSSR count). The van der Waals surface area contributed by atoms with Gasteiger partial charge in [-0.2, -0.15) is 4.98 Å². The van der Waals surface area contributed by atoms with E-state index in [0.29, 0.717) is 18.6 Å². The van der Waals surface area contributed by atoms with E-state index in [9.17, 15) is 0 Å². The van der Waals surface area contributed by atoms with E-state index in [1.165, 1.54) is 11.3 Å². The van der Waals surface area contributed by atoms with Crippen LogP contribution < -0.4 is 15.0 Å². The van der Waals surface area contributed by atoms with Gasteiger partial charge >= 0.3 is 0 Å². The highest BCUT2D eigenvalue weighted by atomic mass is 16.5. The van der Waals surface area contributed by atoms with E-state index in [2.05, 4.69) is 46.4 Å². The predicted octanol–water partition coefficient (Wildman–Crippen LogP) is 5.01. The number of hydrogen-bond donors (Lipinski definition) is 1. The third-order valence-corrected chi connectivity index (χ3v) is 4.72. The van der Waals surface area contributed by atoms with Gasteiger partial charge in [-0.05, 0) is 63.1 Å². The standard InChI is InChI=1S/C22H24N4O/c1-4-27-19-11-9-18(10-12-19)24-22-23-15(2)13-21(25-22)26-16(3)14-17-7-5-6-8-20(17)26/h5-13,16H,4,14H2,1-3H3,(H,23,24,25). The second-order valence-corrected chi connectivity index (χ2v) is 6.83. The second kappa shape index (κ2) is 7.27. The first-order valence-corrected chi connectivity index (χ1v) is 9.36. The number of benzene rings is 2. The van der Waals surface area contributed by atoms with Gasteiger partial charge in [0.05, 0.1) is 6.61 Å². The average Bonchev–Trinajstić information content (AvgIpc) is 2.99. The van der Waals surface area contributed by atoms with Crippen molar-refractivity contribution in [3.05, 3.63) is 65.9 Å². The van der Waals surface area contributed by atoms with Crippen LogP contribution in [0.1, 0.15) is 25.1 Å². The van der Waals surface area contributed by atoms with E-state index in [0.717, 1.165) is 29.4 Å². The lowest BCUT2D eigenvalue weighted by Gasteiger charge is -2.24. The third kappa shape index (κ3) is 3.58. The highest BCUT2D eigenvalue weighted by molar-refractivity contribution is 5.70. The Balaban J connectivity index is 1.62. The minimum Gasteiger partial charge on any atom is -0.494 e. The van der Waals surface area contributed by atoms with E-state index in [-0.39, 0.29) is 0 Å². The highest BCUT2D eigenvalue weighted by Gasteiger charge is 2.28. The molecule has 1 aromatic heterocycles. The van der Waals surface area contributed by atoms with Crippen molar-refractivity contribution in [1.29, 1.82) is 0 Å². The molecular formula is C22H24N4O. The van der Waals surface area contributed by atoms with Crippen LogP contribution in [0.3, 0.4) is 0 Å². The van der Waals surface area contributed by atoms with Gasteiger partial charge in [-0.3, -0.25) is 0 Å². The van der Waals surface area contributed by atoms with Crippen molar-refractivity contribution < 1.29 is 4.74 Å². The van der Waals surface area contributed by atoms with Gasteiger partial charge in [-0.25, -0.2) is 4.98 Å². The number of anilines is 4.